The topological polar surface area (TPSA) is 107 Å². The molecule has 0 atom stereocenters. The second kappa shape index (κ2) is 12.5. The largest absolute Gasteiger partial charge is 0.461 e. The van der Waals surface area contributed by atoms with E-state index in [2.05, 4.69) is 0 Å². The summed E-state index contributed by atoms with van der Waals surface area (Å²) in [5.41, 5.74) is 6.28. The van der Waals surface area contributed by atoms with E-state index < -0.39 is 10.1 Å². The molecule has 0 aliphatic carbocycles. The Labute approximate surface area is 165 Å². The van der Waals surface area contributed by atoms with Crippen molar-refractivity contribution in [2.24, 2.45) is 5.73 Å². The third-order valence-corrected chi connectivity index (χ3v) is 4.52. The number of halogens is 1. The first kappa shape index (κ1) is 23.1. The monoisotopic (exact) mass is 413 g/mol. The molecule has 0 aromatic heterocycles. The average Bonchev–Trinajstić information content (AvgIpc) is 2.64. The Morgan fingerprint density at radius 1 is 1.04 bits per heavy atom. The quantitative estimate of drug-likeness (QED) is 0.387. The second-order valence-electron chi connectivity index (χ2n) is 5.68. The Bertz CT molecular complexity index is 797. The Hall–Kier alpha value is -1.93. The zero-order valence-corrected chi connectivity index (χ0v) is 16.5. The predicted molar refractivity (Wildman–Crippen MR) is 105 cm³/mol. The van der Waals surface area contributed by atoms with Crippen molar-refractivity contribution in [1.29, 1.82) is 0 Å². The van der Waals surface area contributed by atoms with Gasteiger partial charge in [-0.1, -0.05) is 48.4 Å². The van der Waals surface area contributed by atoms with Crippen LogP contribution in [0.3, 0.4) is 0 Å². The molecule has 0 amide bonds. The van der Waals surface area contributed by atoms with Crippen LogP contribution in [0.15, 0.2) is 59.5 Å². The molecular formula is C19H24ClNO5S. The van der Waals surface area contributed by atoms with Gasteiger partial charge in [0.05, 0.1) is 4.90 Å². The predicted octanol–water partition coefficient (Wildman–Crippen LogP) is 3.84. The molecule has 6 nitrogen and oxygen atoms in total. The molecule has 2 aromatic carbocycles. The van der Waals surface area contributed by atoms with E-state index in [-0.39, 0.29) is 17.5 Å². The summed E-state index contributed by atoms with van der Waals surface area (Å²) in [6, 6.07) is 14.7. The minimum Gasteiger partial charge on any atom is -0.461 e. The number of carbonyl (C=O) groups is 1. The third kappa shape index (κ3) is 10.7. The van der Waals surface area contributed by atoms with Gasteiger partial charge in [-0.15, -0.1) is 0 Å². The summed E-state index contributed by atoms with van der Waals surface area (Å²) in [7, 11) is -4.00. The molecule has 3 N–H and O–H groups in total. The molecule has 0 aliphatic heterocycles. The van der Waals surface area contributed by atoms with E-state index in [1.54, 1.807) is 30.3 Å². The molecular weight excluding hydrogens is 390 g/mol. The summed E-state index contributed by atoms with van der Waals surface area (Å²) in [5.74, 6) is -0.165. The zero-order valence-electron chi connectivity index (χ0n) is 14.9. The highest BCUT2D eigenvalue weighted by molar-refractivity contribution is 7.85. The molecule has 0 bridgehead atoms. The molecule has 0 saturated carbocycles. The van der Waals surface area contributed by atoms with Crippen molar-refractivity contribution in [2.75, 3.05) is 6.54 Å². The van der Waals surface area contributed by atoms with Crippen LogP contribution in [0.25, 0.3) is 0 Å². The molecule has 0 aliphatic rings. The smallest absolute Gasteiger partial charge is 0.306 e. The molecule has 2 aromatic rings. The van der Waals surface area contributed by atoms with Crippen LogP contribution in [0.1, 0.15) is 31.2 Å². The van der Waals surface area contributed by atoms with E-state index in [0.717, 1.165) is 24.8 Å². The highest BCUT2D eigenvalue weighted by Gasteiger charge is 2.06. The van der Waals surface area contributed by atoms with E-state index in [1.165, 1.54) is 12.1 Å². The zero-order chi connectivity index (χ0) is 20.1. The van der Waals surface area contributed by atoms with Gasteiger partial charge in [0.15, 0.2) is 0 Å². The molecule has 2 rings (SSSR count). The lowest BCUT2D eigenvalue weighted by atomic mass is 10.2. The Morgan fingerprint density at radius 3 is 2.30 bits per heavy atom. The Morgan fingerprint density at radius 2 is 1.74 bits per heavy atom. The van der Waals surface area contributed by atoms with E-state index in [4.69, 9.17) is 26.6 Å². The first-order valence-corrected chi connectivity index (χ1v) is 10.3. The van der Waals surface area contributed by atoms with E-state index in [0.29, 0.717) is 18.0 Å². The summed E-state index contributed by atoms with van der Waals surface area (Å²) in [4.78, 5) is 11.3. The van der Waals surface area contributed by atoms with Gasteiger partial charge >= 0.3 is 5.97 Å². The van der Waals surface area contributed by atoms with Gasteiger partial charge in [-0.2, -0.15) is 8.42 Å². The fraction of sp³-hybridized carbons (Fsp3) is 0.316. The maximum absolute atomic E-state index is 11.4. The number of benzene rings is 2. The van der Waals surface area contributed by atoms with Gasteiger partial charge in [0.2, 0.25) is 0 Å². The van der Waals surface area contributed by atoms with Crippen molar-refractivity contribution in [3.8, 4) is 0 Å². The van der Waals surface area contributed by atoms with Crippen molar-refractivity contribution < 1.29 is 22.5 Å². The van der Waals surface area contributed by atoms with Crippen LogP contribution in [0.5, 0.6) is 0 Å². The Balaban J connectivity index is 0.000000309. The van der Waals surface area contributed by atoms with Crippen LogP contribution < -0.4 is 5.73 Å². The van der Waals surface area contributed by atoms with Crippen LogP contribution in [-0.2, 0) is 26.3 Å². The fourth-order valence-electron chi connectivity index (χ4n) is 2.05. The number of hydrogen-bond donors (Lipinski definition) is 2. The summed E-state index contributed by atoms with van der Waals surface area (Å²) in [6.45, 7) is 0.966. The van der Waals surface area contributed by atoms with Gasteiger partial charge in [0.1, 0.15) is 6.61 Å². The van der Waals surface area contributed by atoms with Crippen molar-refractivity contribution in [3.05, 3.63) is 65.2 Å². The molecule has 0 heterocycles. The van der Waals surface area contributed by atoms with Crippen molar-refractivity contribution in [2.45, 2.75) is 37.2 Å². The van der Waals surface area contributed by atoms with Crippen LogP contribution in [0.2, 0.25) is 5.02 Å². The number of ether oxygens (including phenoxy) is 1. The average molecular weight is 414 g/mol. The molecule has 0 radical (unpaired) electrons. The van der Waals surface area contributed by atoms with Crippen LogP contribution >= 0.6 is 11.6 Å². The molecule has 0 saturated heterocycles. The number of nitrogens with two attached hydrogens (primary N) is 1. The van der Waals surface area contributed by atoms with Gasteiger partial charge in [-0.25, -0.2) is 0 Å². The maximum atomic E-state index is 11.4. The molecule has 148 valence electrons. The SMILES string of the molecule is NCCCCCC(=O)OCc1cccc(Cl)c1.O=S(=O)(O)c1ccccc1. The van der Waals surface area contributed by atoms with Gasteiger partial charge in [0.25, 0.3) is 10.1 Å². The highest BCUT2D eigenvalue weighted by atomic mass is 35.5. The molecule has 0 spiro atoms. The number of rotatable bonds is 8. The number of esters is 1. The summed E-state index contributed by atoms with van der Waals surface area (Å²) in [5, 5.41) is 0.654. The summed E-state index contributed by atoms with van der Waals surface area (Å²) >= 11 is 5.83. The number of hydrogen-bond acceptors (Lipinski definition) is 5. The van der Waals surface area contributed by atoms with Gasteiger partial charge in [-0.3, -0.25) is 9.35 Å². The minimum absolute atomic E-state index is 0.0741. The molecule has 27 heavy (non-hydrogen) atoms. The second-order valence-corrected chi connectivity index (χ2v) is 7.54. The molecule has 8 heteroatoms. The summed E-state index contributed by atoms with van der Waals surface area (Å²) < 4.78 is 34.4. The minimum atomic E-state index is -4.00. The van der Waals surface area contributed by atoms with Crippen LogP contribution in [-0.4, -0.2) is 25.5 Å². The normalized spacial score (nSPS) is 10.6. The van der Waals surface area contributed by atoms with Crippen molar-refractivity contribution in [1.82, 2.24) is 0 Å². The van der Waals surface area contributed by atoms with E-state index in [1.807, 2.05) is 12.1 Å². The van der Waals surface area contributed by atoms with E-state index >= 15 is 0 Å². The fourth-order valence-corrected chi connectivity index (χ4v) is 2.76. The molecule has 0 unspecified atom stereocenters. The lowest BCUT2D eigenvalue weighted by molar-refractivity contribution is -0.145. The maximum Gasteiger partial charge on any atom is 0.306 e. The first-order chi connectivity index (χ1) is 12.8. The lowest BCUT2D eigenvalue weighted by Gasteiger charge is -2.05. The van der Waals surface area contributed by atoms with Crippen LogP contribution in [0.4, 0.5) is 0 Å². The van der Waals surface area contributed by atoms with Gasteiger partial charge in [0, 0.05) is 11.4 Å². The van der Waals surface area contributed by atoms with Crippen molar-refractivity contribution >= 4 is 27.7 Å². The first-order valence-electron chi connectivity index (χ1n) is 8.45. The van der Waals surface area contributed by atoms with E-state index in [9.17, 15) is 13.2 Å². The Kier molecular flexibility index (Phi) is 10.7. The standard InChI is InChI=1S/C13H18ClNO2.C6H6O3S/c14-12-6-4-5-11(9-12)10-17-13(16)7-2-1-3-8-15;7-10(8,9)6-4-2-1-3-5-6/h4-6,9H,1-3,7-8,10,15H2;1-5H,(H,7,8,9). The third-order valence-electron chi connectivity index (χ3n) is 3.41. The van der Waals surface area contributed by atoms with Gasteiger partial charge < -0.3 is 10.5 Å². The van der Waals surface area contributed by atoms with Crippen LogP contribution in [0, 0.1) is 0 Å². The summed E-state index contributed by atoms with van der Waals surface area (Å²) in [6.07, 6.45) is 3.23. The lowest BCUT2D eigenvalue weighted by Crippen LogP contribution is -2.05. The van der Waals surface area contributed by atoms with Gasteiger partial charge in [-0.05, 0) is 49.2 Å². The number of carbonyl (C=O) groups excluding carboxylic acids is 1. The highest BCUT2D eigenvalue weighted by Crippen LogP contribution is 2.12. The number of unbranched alkanes of at least 4 members (excludes halogenated alkanes) is 2. The van der Waals surface area contributed by atoms with Crippen molar-refractivity contribution in [3.63, 3.8) is 0 Å². The molecule has 0 fully saturated rings.